The molecule has 8 heteroatoms. The molecular weight excluding hydrogens is 384 g/mol. The molecule has 2 aromatic carbocycles. The van der Waals surface area contributed by atoms with Gasteiger partial charge in [0, 0.05) is 27.5 Å². The summed E-state index contributed by atoms with van der Waals surface area (Å²) >= 11 is 1.43. The molecule has 0 atom stereocenters. The van der Waals surface area contributed by atoms with E-state index >= 15 is 0 Å². The summed E-state index contributed by atoms with van der Waals surface area (Å²) in [7, 11) is 0. The van der Waals surface area contributed by atoms with Crippen LogP contribution in [0, 0.1) is 13.8 Å². The Bertz CT molecular complexity index is 961. The van der Waals surface area contributed by atoms with Crippen molar-refractivity contribution in [3.63, 3.8) is 0 Å². The van der Waals surface area contributed by atoms with Crippen molar-refractivity contribution in [1.82, 2.24) is 9.97 Å². The van der Waals surface area contributed by atoms with Gasteiger partial charge in [-0.2, -0.15) is 8.78 Å². The van der Waals surface area contributed by atoms with Crippen LogP contribution in [0.5, 0.6) is 5.75 Å². The highest BCUT2D eigenvalue weighted by Crippen LogP contribution is 2.26. The van der Waals surface area contributed by atoms with Gasteiger partial charge in [0.1, 0.15) is 5.75 Å². The van der Waals surface area contributed by atoms with E-state index in [1.807, 2.05) is 32.0 Å². The van der Waals surface area contributed by atoms with E-state index in [9.17, 15) is 13.6 Å². The van der Waals surface area contributed by atoms with Gasteiger partial charge in [0.25, 0.3) is 5.91 Å². The maximum atomic E-state index is 12.3. The first-order valence-corrected chi connectivity index (χ1v) is 9.17. The van der Waals surface area contributed by atoms with Crippen LogP contribution in [0.3, 0.4) is 0 Å². The lowest BCUT2D eigenvalue weighted by molar-refractivity contribution is -0.0498. The van der Waals surface area contributed by atoms with Gasteiger partial charge in [-0.1, -0.05) is 6.07 Å². The Morgan fingerprint density at radius 2 is 1.71 bits per heavy atom. The van der Waals surface area contributed by atoms with Crippen LogP contribution in [0.4, 0.5) is 14.5 Å². The third-order valence-electron chi connectivity index (χ3n) is 3.60. The van der Waals surface area contributed by atoms with Crippen LogP contribution in [-0.4, -0.2) is 22.5 Å². The number of anilines is 1. The van der Waals surface area contributed by atoms with Crippen LogP contribution in [0.15, 0.2) is 64.6 Å². The predicted octanol–water partition coefficient (Wildman–Crippen LogP) is 5.10. The highest BCUT2D eigenvalue weighted by Gasteiger charge is 2.10. The number of halogens is 2. The highest BCUT2D eigenvalue weighted by molar-refractivity contribution is 7.99. The third kappa shape index (κ3) is 5.50. The van der Waals surface area contributed by atoms with Crippen LogP contribution in [0.1, 0.15) is 21.7 Å². The van der Waals surface area contributed by atoms with Gasteiger partial charge in [-0.3, -0.25) is 4.79 Å². The summed E-state index contributed by atoms with van der Waals surface area (Å²) in [6, 6.07) is 14.7. The lowest BCUT2D eigenvalue weighted by Gasteiger charge is -2.09. The van der Waals surface area contributed by atoms with E-state index in [1.54, 1.807) is 12.1 Å². The largest absolute Gasteiger partial charge is 0.435 e. The number of aromatic nitrogens is 2. The van der Waals surface area contributed by atoms with Crippen LogP contribution in [0.2, 0.25) is 0 Å². The summed E-state index contributed by atoms with van der Waals surface area (Å²) in [5.41, 5.74) is 2.60. The lowest BCUT2D eigenvalue weighted by atomic mass is 10.2. The molecule has 0 aliphatic carbocycles. The minimum atomic E-state index is -2.94. The molecule has 0 aliphatic rings. The van der Waals surface area contributed by atoms with E-state index in [2.05, 4.69) is 20.0 Å². The molecule has 1 aromatic heterocycles. The van der Waals surface area contributed by atoms with Crippen molar-refractivity contribution in [2.45, 2.75) is 30.5 Å². The summed E-state index contributed by atoms with van der Waals surface area (Å²) in [4.78, 5) is 22.0. The number of benzene rings is 2. The Kier molecular flexibility index (Phi) is 6.20. The Balaban J connectivity index is 1.66. The van der Waals surface area contributed by atoms with Crippen LogP contribution in [0.25, 0.3) is 0 Å². The van der Waals surface area contributed by atoms with Gasteiger partial charge in [0.15, 0.2) is 5.16 Å². The molecule has 0 spiro atoms. The molecule has 1 heterocycles. The van der Waals surface area contributed by atoms with Gasteiger partial charge in [0.2, 0.25) is 0 Å². The van der Waals surface area contributed by atoms with Gasteiger partial charge in [-0.15, -0.1) is 0 Å². The Hall–Kier alpha value is -3.00. The summed E-state index contributed by atoms with van der Waals surface area (Å²) < 4.78 is 28.9. The Labute approximate surface area is 165 Å². The fraction of sp³-hybridized carbons (Fsp3) is 0.150. The smallest absolute Gasteiger partial charge is 0.387 e. The molecule has 0 bridgehead atoms. The van der Waals surface area contributed by atoms with Crippen molar-refractivity contribution in [3.8, 4) is 5.75 Å². The monoisotopic (exact) mass is 401 g/mol. The predicted molar refractivity (Wildman–Crippen MR) is 103 cm³/mol. The lowest BCUT2D eigenvalue weighted by Crippen LogP contribution is -2.12. The van der Waals surface area contributed by atoms with Crippen molar-refractivity contribution >= 4 is 23.4 Å². The second kappa shape index (κ2) is 8.79. The molecule has 0 aliphatic heterocycles. The fourth-order valence-electron chi connectivity index (χ4n) is 2.47. The first-order valence-electron chi connectivity index (χ1n) is 8.35. The highest BCUT2D eigenvalue weighted by atomic mass is 32.2. The second-order valence-corrected chi connectivity index (χ2v) is 6.96. The van der Waals surface area contributed by atoms with Crippen LogP contribution in [-0.2, 0) is 0 Å². The third-order valence-corrected chi connectivity index (χ3v) is 4.48. The average Bonchev–Trinajstić information content (AvgIpc) is 2.62. The molecule has 3 rings (SSSR count). The zero-order valence-corrected chi connectivity index (χ0v) is 16.0. The summed E-state index contributed by atoms with van der Waals surface area (Å²) in [5.74, 6) is -0.486. The number of aryl methyl sites for hydroxylation is 2. The first-order chi connectivity index (χ1) is 13.4. The Morgan fingerprint density at radius 1 is 1.04 bits per heavy atom. The molecular formula is C20H17F2N3O2S. The van der Waals surface area contributed by atoms with E-state index in [0.29, 0.717) is 10.8 Å². The SMILES string of the molecule is Cc1cc(C)nc(Sc2ccc(NC(=O)c3cccc(OC(F)F)c3)cc2)n1. The van der Waals surface area contributed by atoms with Crippen molar-refractivity contribution in [2.75, 3.05) is 5.32 Å². The molecule has 0 unspecified atom stereocenters. The van der Waals surface area contributed by atoms with Crippen molar-refractivity contribution in [2.24, 2.45) is 0 Å². The van der Waals surface area contributed by atoms with Gasteiger partial charge >= 0.3 is 6.61 Å². The number of hydrogen-bond acceptors (Lipinski definition) is 5. The molecule has 28 heavy (non-hydrogen) atoms. The van der Waals surface area contributed by atoms with E-state index in [4.69, 9.17) is 0 Å². The molecule has 144 valence electrons. The topological polar surface area (TPSA) is 64.1 Å². The number of hydrogen-bond donors (Lipinski definition) is 1. The summed E-state index contributed by atoms with van der Waals surface area (Å²) in [6.45, 7) is 0.891. The van der Waals surface area contributed by atoms with Crippen molar-refractivity contribution < 1.29 is 18.3 Å². The number of rotatable bonds is 6. The van der Waals surface area contributed by atoms with E-state index in [0.717, 1.165) is 16.3 Å². The fourth-order valence-corrected chi connectivity index (χ4v) is 3.33. The first kappa shape index (κ1) is 19.8. The maximum Gasteiger partial charge on any atom is 0.387 e. The molecule has 1 N–H and O–H groups in total. The number of ether oxygens (including phenoxy) is 1. The number of carbonyl (C=O) groups excluding carboxylic acids is 1. The van der Waals surface area contributed by atoms with E-state index in [1.165, 1.54) is 36.0 Å². The second-order valence-electron chi connectivity index (χ2n) is 5.92. The maximum absolute atomic E-state index is 12.3. The number of alkyl halides is 2. The van der Waals surface area contributed by atoms with Crippen molar-refractivity contribution in [1.29, 1.82) is 0 Å². The minimum Gasteiger partial charge on any atom is -0.435 e. The molecule has 0 saturated carbocycles. The number of amides is 1. The van der Waals surface area contributed by atoms with Crippen molar-refractivity contribution in [3.05, 3.63) is 71.5 Å². The number of carbonyl (C=O) groups is 1. The summed E-state index contributed by atoms with van der Waals surface area (Å²) in [6.07, 6.45) is 0. The quantitative estimate of drug-likeness (QED) is 0.583. The molecule has 5 nitrogen and oxygen atoms in total. The molecule has 3 aromatic rings. The van der Waals surface area contributed by atoms with Gasteiger partial charge in [0.05, 0.1) is 0 Å². The number of nitrogens with zero attached hydrogens (tertiary/aromatic N) is 2. The average molecular weight is 401 g/mol. The van der Waals surface area contributed by atoms with Gasteiger partial charge in [-0.25, -0.2) is 9.97 Å². The molecule has 0 fully saturated rings. The standard InChI is InChI=1S/C20H17F2N3O2S/c1-12-10-13(2)24-20(23-12)28-17-8-6-15(7-9-17)25-18(26)14-4-3-5-16(11-14)27-19(21)22/h3-11,19H,1-2H3,(H,25,26). The molecule has 0 radical (unpaired) electrons. The molecule has 1 amide bonds. The zero-order chi connectivity index (χ0) is 20.1. The van der Waals surface area contributed by atoms with Crippen LogP contribution < -0.4 is 10.1 Å². The minimum absolute atomic E-state index is 0.0668. The Morgan fingerprint density at radius 3 is 2.36 bits per heavy atom. The normalized spacial score (nSPS) is 10.8. The van der Waals surface area contributed by atoms with Gasteiger partial charge < -0.3 is 10.1 Å². The van der Waals surface area contributed by atoms with E-state index < -0.39 is 12.5 Å². The molecule has 0 saturated heterocycles. The number of nitrogens with one attached hydrogen (secondary N) is 1. The summed E-state index contributed by atoms with van der Waals surface area (Å²) in [5, 5.41) is 3.38. The van der Waals surface area contributed by atoms with E-state index in [-0.39, 0.29) is 11.3 Å². The zero-order valence-electron chi connectivity index (χ0n) is 15.1. The van der Waals surface area contributed by atoms with Gasteiger partial charge in [-0.05, 0) is 74.1 Å². The van der Waals surface area contributed by atoms with Crippen LogP contribution >= 0.6 is 11.8 Å².